The van der Waals surface area contributed by atoms with Crippen LogP contribution in [0.5, 0.6) is 23.0 Å². The van der Waals surface area contributed by atoms with Crippen LogP contribution in [-0.2, 0) is 4.79 Å². The molecule has 1 aliphatic rings. The minimum atomic E-state index is -0.957. The molecular formula is C14H18O6. The number of carbonyl (C=O) groups is 1. The Morgan fingerprint density at radius 1 is 1.15 bits per heavy atom. The Hall–Kier alpha value is -2.11. The Morgan fingerprint density at radius 3 is 2.05 bits per heavy atom. The highest BCUT2D eigenvalue weighted by molar-refractivity contribution is 5.73. The van der Waals surface area contributed by atoms with E-state index in [-0.39, 0.29) is 5.92 Å². The topological polar surface area (TPSA) is 74.2 Å². The van der Waals surface area contributed by atoms with E-state index in [2.05, 4.69) is 0 Å². The Labute approximate surface area is 117 Å². The lowest BCUT2D eigenvalue weighted by molar-refractivity contribution is -0.146. The maximum Gasteiger partial charge on any atom is 0.345 e. The predicted octanol–water partition coefficient (Wildman–Crippen LogP) is 1.95. The van der Waals surface area contributed by atoms with Crippen molar-refractivity contribution < 1.29 is 28.8 Å². The van der Waals surface area contributed by atoms with E-state index in [9.17, 15) is 9.90 Å². The summed E-state index contributed by atoms with van der Waals surface area (Å²) >= 11 is 0. The molecule has 0 radical (unpaired) electrons. The van der Waals surface area contributed by atoms with Gasteiger partial charge in [0.15, 0.2) is 17.6 Å². The van der Waals surface area contributed by atoms with E-state index >= 15 is 0 Å². The first-order chi connectivity index (χ1) is 9.60. The molecule has 20 heavy (non-hydrogen) atoms. The van der Waals surface area contributed by atoms with Gasteiger partial charge in [0.05, 0.1) is 21.3 Å². The van der Waals surface area contributed by atoms with Crippen molar-refractivity contribution in [2.24, 2.45) is 5.92 Å². The molecule has 110 valence electrons. The lowest BCUT2D eigenvalue weighted by atomic mass is 10.2. The monoisotopic (exact) mass is 282 g/mol. The summed E-state index contributed by atoms with van der Waals surface area (Å²) in [6.07, 6.45) is 0.917. The fraction of sp³-hybridized carbons (Fsp3) is 0.500. The van der Waals surface area contributed by atoms with Crippen molar-refractivity contribution in [2.75, 3.05) is 21.3 Å². The quantitative estimate of drug-likeness (QED) is 0.824. The molecule has 1 aromatic rings. The lowest BCUT2D eigenvalue weighted by Gasteiger charge is -2.18. The van der Waals surface area contributed by atoms with Crippen LogP contribution in [0.4, 0.5) is 0 Å². The smallest absolute Gasteiger partial charge is 0.345 e. The van der Waals surface area contributed by atoms with Crippen LogP contribution in [0.25, 0.3) is 0 Å². The van der Waals surface area contributed by atoms with Gasteiger partial charge in [-0.2, -0.15) is 0 Å². The molecule has 0 amide bonds. The van der Waals surface area contributed by atoms with Gasteiger partial charge in [0.25, 0.3) is 0 Å². The van der Waals surface area contributed by atoms with Gasteiger partial charge in [0, 0.05) is 18.1 Å². The van der Waals surface area contributed by atoms with Gasteiger partial charge in [-0.05, 0) is 12.8 Å². The first kappa shape index (κ1) is 14.3. The van der Waals surface area contributed by atoms with Crippen molar-refractivity contribution >= 4 is 5.97 Å². The van der Waals surface area contributed by atoms with E-state index in [4.69, 9.17) is 18.9 Å². The summed E-state index contributed by atoms with van der Waals surface area (Å²) in [6.45, 7) is 0. The maximum absolute atomic E-state index is 11.2. The Bertz CT molecular complexity index is 469. The van der Waals surface area contributed by atoms with Gasteiger partial charge in [0.1, 0.15) is 5.75 Å². The highest BCUT2D eigenvalue weighted by atomic mass is 16.5. The van der Waals surface area contributed by atoms with Crippen molar-refractivity contribution in [3.05, 3.63) is 12.1 Å². The Balaban J connectivity index is 2.29. The minimum Gasteiger partial charge on any atom is -0.493 e. The van der Waals surface area contributed by atoms with Crippen LogP contribution in [-0.4, -0.2) is 38.5 Å². The summed E-state index contributed by atoms with van der Waals surface area (Å²) < 4.78 is 21.2. The number of methoxy groups -OCH3 is 3. The molecule has 6 heteroatoms. The van der Waals surface area contributed by atoms with Gasteiger partial charge in [0.2, 0.25) is 5.75 Å². The molecule has 1 N–H and O–H groups in total. The number of hydrogen-bond acceptors (Lipinski definition) is 5. The van der Waals surface area contributed by atoms with Gasteiger partial charge in [-0.15, -0.1) is 0 Å². The summed E-state index contributed by atoms with van der Waals surface area (Å²) in [5.74, 6) is 0.816. The molecule has 2 rings (SSSR count). The molecule has 0 aliphatic heterocycles. The first-order valence-electron chi connectivity index (χ1n) is 6.30. The van der Waals surface area contributed by atoms with Crippen LogP contribution in [0.1, 0.15) is 12.8 Å². The summed E-state index contributed by atoms with van der Waals surface area (Å²) in [4.78, 5) is 11.2. The normalized spacial score (nSPS) is 15.3. The zero-order valence-electron chi connectivity index (χ0n) is 11.7. The fourth-order valence-electron chi connectivity index (χ4n) is 2.02. The second-order valence-corrected chi connectivity index (χ2v) is 4.58. The lowest BCUT2D eigenvalue weighted by Crippen LogP contribution is -2.29. The molecule has 1 aromatic carbocycles. The SMILES string of the molecule is COc1cc(OC(C(=O)O)C2CC2)cc(OC)c1OC. The van der Waals surface area contributed by atoms with Crippen molar-refractivity contribution in [1.82, 2.24) is 0 Å². The third-order valence-electron chi connectivity index (χ3n) is 3.19. The van der Waals surface area contributed by atoms with Crippen LogP contribution in [0, 0.1) is 5.92 Å². The van der Waals surface area contributed by atoms with E-state index in [0.717, 1.165) is 12.8 Å². The predicted molar refractivity (Wildman–Crippen MR) is 70.9 cm³/mol. The van der Waals surface area contributed by atoms with Gasteiger partial charge in [-0.25, -0.2) is 4.79 Å². The summed E-state index contributed by atoms with van der Waals surface area (Å²) in [5.41, 5.74) is 0. The number of hydrogen-bond donors (Lipinski definition) is 1. The van der Waals surface area contributed by atoms with Crippen LogP contribution < -0.4 is 18.9 Å². The van der Waals surface area contributed by atoms with E-state index in [1.54, 1.807) is 12.1 Å². The standard InChI is InChI=1S/C14H18O6/c1-17-10-6-9(7-11(18-2)13(10)19-3)20-12(14(15)16)8-4-5-8/h6-8,12H,4-5H2,1-3H3,(H,15,16). The second-order valence-electron chi connectivity index (χ2n) is 4.58. The van der Waals surface area contributed by atoms with Gasteiger partial charge in [-0.1, -0.05) is 0 Å². The van der Waals surface area contributed by atoms with Gasteiger partial charge >= 0.3 is 5.97 Å². The third-order valence-corrected chi connectivity index (χ3v) is 3.19. The number of aliphatic carboxylic acids is 1. The van der Waals surface area contributed by atoms with Crippen molar-refractivity contribution in [1.29, 1.82) is 0 Å². The molecule has 6 nitrogen and oxygen atoms in total. The van der Waals surface area contributed by atoms with Gasteiger partial charge < -0.3 is 24.1 Å². The molecule has 1 unspecified atom stereocenters. The molecule has 0 saturated heterocycles. The molecule has 1 aliphatic carbocycles. The molecule has 0 heterocycles. The maximum atomic E-state index is 11.2. The van der Waals surface area contributed by atoms with Crippen molar-refractivity contribution in [2.45, 2.75) is 18.9 Å². The second kappa shape index (κ2) is 5.90. The molecule has 0 aromatic heterocycles. The van der Waals surface area contributed by atoms with Crippen molar-refractivity contribution in [3.63, 3.8) is 0 Å². The van der Waals surface area contributed by atoms with E-state index in [0.29, 0.717) is 23.0 Å². The highest BCUT2D eigenvalue weighted by Crippen LogP contribution is 2.42. The van der Waals surface area contributed by atoms with Crippen LogP contribution in [0.2, 0.25) is 0 Å². The van der Waals surface area contributed by atoms with E-state index < -0.39 is 12.1 Å². The first-order valence-corrected chi connectivity index (χ1v) is 6.30. The Morgan fingerprint density at radius 2 is 1.70 bits per heavy atom. The fourth-order valence-corrected chi connectivity index (χ4v) is 2.02. The Kier molecular flexibility index (Phi) is 4.22. The summed E-state index contributed by atoms with van der Waals surface area (Å²) in [5, 5.41) is 9.19. The molecule has 0 bridgehead atoms. The molecule has 0 spiro atoms. The van der Waals surface area contributed by atoms with Gasteiger partial charge in [-0.3, -0.25) is 0 Å². The zero-order chi connectivity index (χ0) is 14.7. The average molecular weight is 282 g/mol. The summed E-state index contributed by atoms with van der Waals surface area (Å²) in [7, 11) is 4.50. The molecule has 1 fully saturated rings. The number of ether oxygens (including phenoxy) is 4. The summed E-state index contributed by atoms with van der Waals surface area (Å²) in [6, 6.07) is 3.19. The number of rotatable bonds is 7. The average Bonchev–Trinajstić information content (AvgIpc) is 3.27. The number of benzene rings is 1. The zero-order valence-corrected chi connectivity index (χ0v) is 11.7. The van der Waals surface area contributed by atoms with Crippen LogP contribution in [0.15, 0.2) is 12.1 Å². The molecule has 1 atom stereocenters. The van der Waals surface area contributed by atoms with Crippen molar-refractivity contribution in [3.8, 4) is 23.0 Å². The number of carboxylic acid groups (broad SMARTS) is 1. The van der Waals surface area contributed by atoms with E-state index in [1.165, 1.54) is 21.3 Å². The minimum absolute atomic E-state index is 0.0755. The van der Waals surface area contributed by atoms with E-state index in [1.807, 2.05) is 0 Å². The van der Waals surface area contributed by atoms with Crippen LogP contribution in [0.3, 0.4) is 0 Å². The third kappa shape index (κ3) is 2.89. The molecular weight excluding hydrogens is 264 g/mol. The largest absolute Gasteiger partial charge is 0.493 e. The molecule has 1 saturated carbocycles. The van der Waals surface area contributed by atoms with Crippen LogP contribution >= 0.6 is 0 Å². The highest BCUT2D eigenvalue weighted by Gasteiger charge is 2.38. The number of carboxylic acids is 1.